The molecule has 2 fully saturated rings. The number of hydrogen-bond donors (Lipinski definition) is 1. The minimum Gasteiger partial charge on any atom is -0.487 e. The number of halogens is 1. The molecule has 26 heavy (non-hydrogen) atoms. The van der Waals surface area contributed by atoms with Crippen molar-refractivity contribution in [2.75, 3.05) is 11.9 Å². The highest BCUT2D eigenvalue weighted by Crippen LogP contribution is 2.46. The van der Waals surface area contributed by atoms with E-state index in [4.69, 9.17) is 21.1 Å². The second-order valence-electron chi connectivity index (χ2n) is 6.85. The van der Waals surface area contributed by atoms with Crippen LogP contribution in [0.5, 0.6) is 5.75 Å². The third-order valence-electron chi connectivity index (χ3n) is 5.34. The predicted molar refractivity (Wildman–Crippen MR) is 101 cm³/mol. The van der Waals surface area contributed by atoms with E-state index in [2.05, 4.69) is 21.4 Å². The fourth-order valence-electron chi connectivity index (χ4n) is 3.65. The van der Waals surface area contributed by atoms with E-state index in [0.717, 1.165) is 53.9 Å². The molecule has 5 rings (SSSR count). The fraction of sp³-hybridized carbons (Fsp3) is 0.300. The monoisotopic (exact) mass is 367 g/mol. The minimum atomic E-state index is -0.0124. The molecule has 2 atom stereocenters. The highest BCUT2D eigenvalue weighted by atomic mass is 35.5. The number of fused-ring (bicyclic) bond motifs is 1. The number of ether oxygens (including phenoxy) is 2. The summed E-state index contributed by atoms with van der Waals surface area (Å²) in [7, 11) is 0. The van der Waals surface area contributed by atoms with E-state index < -0.39 is 0 Å². The molecule has 3 aromatic rings. The largest absolute Gasteiger partial charge is 0.487 e. The first-order valence-electron chi connectivity index (χ1n) is 8.80. The highest BCUT2D eigenvalue weighted by molar-refractivity contribution is 6.29. The number of hydrogen-bond acceptors (Lipinski definition) is 5. The molecule has 1 aliphatic carbocycles. The van der Waals surface area contributed by atoms with Crippen molar-refractivity contribution in [3.05, 3.63) is 53.9 Å². The van der Waals surface area contributed by atoms with Gasteiger partial charge in [-0.2, -0.15) is 0 Å². The summed E-state index contributed by atoms with van der Waals surface area (Å²) in [6.45, 7) is 0.859. The molecule has 132 valence electrons. The van der Waals surface area contributed by atoms with Crippen molar-refractivity contribution in [1.82, 2.24) is 9.97 Å². The van der Waals surface area contributed by atoms with Gasteiger partial charge in [-0.1, -0.05) is 11.6 Å². The molecule has 1 saturated heterocycles. The molecule has 3 heterocycles. The molecule has 0 radical (unpaired) electrons. The van der Waals surface area contributed by atoms with Crippen LogP contribution in [0.1, 0.15) is 19.3 Å². The van der Waals surface area contributed by atoms with Crippen molar-refractivity contribution in [2.45, 2.75) is 31.0 Å². The zero-order chi connectivity index (χ0) is 17.6. The van der Waals surface area contributed by atoms with Crippen LogP contribution in [-0.2, 0) is 4.74 Å². The van der Waals surface area contributed by atoms with Crippen LogP contribution in [0.25, 0.3) is 10.8 Å². The van der Waals surface area contributed by atoms with Crippen LogP contribution in [0.3, 0.4) is 0 Å². The van der Waals surface area contributed by atoms with Crippen molar-refractivity contribution in [3.8, 4) is 5.75 Å². The normalized spacial score (nSPS) is 24.1. The lowest BCUT2D eigenvalue weighted by Gasteiger charge is -2.54. The van der Waals surface area contributed by atoms with Crippen LogP contribution in [-0.4, -0.2) is 28.3 Å². The van der Waals surface area contributed by atoms with Gasteiger partial charge in [0.25, 0.3) is 0 Å². The Morgan fingerprint density at radius 3 is 2.77 bits per heavy atom. The number of benzene rings is 1. The van der Waals surface area contributed by atoms with Crippen LogP contribution in [0.4, 0.5) is 11.5 Å². The molecule has 2 aromatic heterocycles. The summed E-state index contributed by atoms with van der Waals surface area (Å²) >= 11 is 5.84. The Bertz CT molecular complexity index is 951. The summed E-state index contributed by atoms with van der Waals surface area (Å²) < 4.78 is 12.0. The quantitative estimate of drug-likeness (QED) is 0.676. The van der Waals surface area contributed by atoms with E-state index in [1.807, 2.05) is 24.3 Å². The number of anilines is 2. The second-order valence-corrected chi connectivity index (χ2v) is 7.23. The lowest BCUT2D eigenvalue weighted by atomic mass is 9.71. The Labute approximate surface area is 156 Å². The second kappa shape index (κ2) is 6.11. The third-order valence-corrected chi connectivity index (χ3v) is 5.56. The van der Waals surface area contributed by atoms with Gasteiger partial charge < -0.3 is 14.8 Å². The smallest absolute Gasteiger partial charge is 0.138 e. The molecular formula is C20H18ClN3O2. The summed E-state index contributed by atoms with van der Waals surface area (Å²) in [4.78, 5) is 8.54. The predicted octanol–water partition coefficient (Wildman–Crippen LogP) is 4.73. The average Bonchev–Trinajstić information content (AvgIpc) is 2.59. The highest BCUT2D eigenvalue weighted by Gasteiger charge is 2.54. The summed E-state index contributed by atoms with van der Waals surface area (Å²) in [6, 6.07) is 11.7. The first kappa shape index (κ1) is 15.9. The molecule has 1 aliphatic heterocycles. The Balaban J connectivity index is 1.40. The van der Waals surface area contributed by atoms with Gasteiger partial charge in [0.15, 0.2) is 0 Å². The van der Waals surface area contributed by atoms with Gasteiger partial charge in [0.1, 0.15) is 28.4 Å². The summed E-state index contributed by atoms with van der Waals surface area (Å²) in [5.41, 5.74) is 0.829. The summed E-state index contributed by atoms with van der Waals surface area (Å²) in [6.07, 6.45) is 6.93. The number of aromatic nitrogens is 2. The van der Waals surface area contributed by atoms with Gasteiger partial charge in [-0.25, -0.2) is 9.97 Å². The van der Waals surface area contributed by atoms with Crippen LogP contribution >= 0.6 is 11.6 Å². The van der Waals surface area contributed by atoms with Crippen LogP contribution in [0.15, 0.2) is 48.8 Å². The summed E-state index contributed by atoms with van der Waals surface area (Å²) in [5, 5.41) is 5.86. The van der Waals surface area contributed by atoms with Gasteiger partial charge in [-0.05, 0) is 54.6 Å². The molecule has 0 amide bonds. The number of nitrogens with zero attached hydrogens (tertiary/aromatic N) is 2. The van der Waals surface area contributed by atoms with E-state index in [0.29, 0.717) is 5.15 Å². The zero-order valence-electron chi connectivity index (χ0n) is 14.1. The topological polar surface area (TPSA) is 56.3 Å². The van der Waals surface area contributed by atoms with E-state index in [1.165, 1.54) is 0 Å². The van der Waals surface area contributed by atoms with Crippen molar-refractivity contribution in [1.29, 1.82) is 0 Å². The van der Waals surface area contributed by atoms with Gasteiger partial charge in [-0.15, -0.1) is 0 Å². The SMILES string of the molecule is Clc1ccc(Nc2nccc3cc(OC4CCC45CCO5)ccc23)cn1. The van der Waals surface area contributed by atoms with Gasteiger partial charge in [0, 0.05) is 18.0 Å². The summed E-state index contributed by atoms with van der Waals surface area (Å²) in [5.74, 6) is 1.66. The van der Waals surface area contributed by atoms with Gasteiger partial charge >= 0.3 is 0 Å². The molecule has 1 spiro atoms. The fourth-order valence-corrected chi connectivity index (χ4v) is 3.76. The van der Waals surface area contributed by atoms with Crippen molar-refractivity contribution in [3.63, 3.8) is 0 Å². The lowest BCUT2D eigenvalue weighted by Crippen LogP contribution is -2.62. The molecule has 1 saturated carbocycles. The van der Waals surface area contributed by atoms with E-state index in [9.17, 15) is 0 Å². The Morgan fingerprint density at radius 2 is 2.08 bits per heavy atom. The molecule has 6 heteroatoms. The molecule has 2 unspecified atom stereocenters. The molecule has 2 aliphatic rings. The molecular weight excluding hydrogens is 350 g/mol. The molecule has 1 N–H and O–H groups in total. The lowest BCUT2D eigenvalue weighted by molar-refractivity contribution is -0.245. The van der Waals surface area contributed by atoms with Crippen LogP contribution in [0.2, 0.25) is 5.15 Å². The number of rotatable bonds is 4. The zero-order valence-corrected chi connectivity index (χ0v) is 14.9. The molecule has 1 aromatic carbocycles. The van der Waals surface area contributed by atoms with Crippen LogP contribution < -0.4 is 10.1 Å². The van der Waals surface area contributed by atoms with Gasteiger partial charge in [0.2, 0.25) is 0 Å². The maximum Gasteiger partial charge on any atom is 0.138 e. The maximum atomic E-state index is 6.20. The average molecular weight is 368 g/mol. The Kier molecular flexibility index (Phi) is 3.72. The van der Waals surface area contributed by atoms with Crippen molar-refractivity contribution >= 4 is 33.9 Å². The van der Waals surface area contributed by atoms with E-state index >= 15 is 0 Å². The van der Waals surface area contributed by atoms with Crippen molar-refractivity contribution in [2.24, 2.45) is 0 Å². The van der Waals surface area contributed by atoms with Gasteiger partial charge in [-0.3, -0.25) is 0 Å². The molecule has 5 nitrogen and oxygen atoms in total. The molecule has 0 bridgehead atoms. The van der Waals surface area contributed by atoms with Crippen molar-refractivity contribution < 1.29 is 9.47 Å². The van der Waals surface area contributed by atoms with Gasteiger partial charge in [0.05, 0.1) is 18.5 Å². The maximum absolute atomic E-state index is 6.20. The Morgan fingerprint density at radius 1 is 1.15 bits per heavy atom. The number of pyridine rings is 2. The van der Waals surface area contributed by atoms with E-state index in [-0.39, 0.29) is 11.7 Å². The van der Waals surface area contributed by atoms with E-state index in [1.54, 1.807) is 18.5 Å². The standard InChI is InChI=1S/C20H18ClN3O2/c21-18-4-1-14(12-23-18)24-19-16-3-2-15(11-13(16)6-9-22-19)26-17-5-7-20(17)8-10-25-20/h1-4,6,9,11-12,17H,5,7-8,10H2,(H,22,24). The first-order chi connectivity index (χ1) is 12.7. The van der Waals surface area contributed by atoms with Crippen LogP contribution in [0, 0.1) is 0 Å². The first-order valence-corrected chi connectivity index (χ1v) is 9.18. The number of nitrogens with one attached hydrogen (secondary N) is 1. The Hall–Kier alpha value is -2.37. The third kappa shape index (κ3) is 2.68. The minimum absolute atomic E-state index is 0.0124.